The van der Waals surface area contributed by atoms with Crippen LogP contribution in [0.5, 0.6) is 0 Å². The third-order valence-electron chi connectivity index (χ3n) is 5.85. The molecule has 1 aromatic rings. The number of sulfonamides is 1. The lowest BCUT2D eigenvalue weighted by Crippen LogP contribution is -2.36. The normalized spacial score (nSPS) is 27.4. The van der Waals surface area contributed by atoms with Crippen LogP contribution in [0, 0.1) is 18.8 Å². The summed E-state index contributed by atoms with van der Waals surface area (Å²) in [5.41, 5.74) is 1.09. The minimum absolute atomic E-state index is 0.128. The zero-order valence-electron chi connectivity index (χ0n) is 14.4. The van der Waals surface area contributed by atoms with E-state index in [2.05, 4.69) is 6.92 Å². The molecule has 0 N–H and O–H groups in total. The molecule has 3 rings (SSSR count). The predicted molar refractivity (Wildman–Crippen MR) is 93.8 cm³/mol. The van der Waals surface area contributed by atoms with Crippen molar-refractivity contribution in [3.8, 4) is 0 Å². The minimum atomic E-state index is -3.35. The van der Waals surface area contributed by atoms with Gasteiger partial charge in [-0.05, 0) is 50.7 Å². The summed E-state index contributed by atoms with van der Waals surface area (Å²) in [6.07, 6.45) is 9.00. The average Bonchev–Trinajstić information content (AvgIpc) is 2.90. The third-order valence-corrected chi connectivity index (χ3v) is 7.85. The Kier molecular flexibility index (Phi) is 5.12. The topological polar surface area (TPSA) is 37.4 Å². The molecule has 128 valence electrons. The number of hydrogen-bond acceptors (Lipinski definition) is 2. The molecular formula is C19H29NO2S. The molecule has 1 aromatic carbocycles. The standard InChI is InChI=1S/C19H29NO2S/c1-15-8-10-19(11-9-15)23(21,22)20-13-12-18(16(20)2)14-17-6-4-3-5-7-17/h8-11,16-18H,3-7,12-14H2,1-2H3/t16-,18-/m0/s1. The molecule has 2 aliphatic rings. The van der Waals surface area contributed by atoms with E-state index in [1.165, 1.54) is 38.5 Å². The Bertz CT molecular complexity index is 617. The molecule has 23 heavy (non-hydrogen) atoms. The SMILES string of the molecule is Cc1ccc(S(=O)(=O)N2CC[C@@H](CC3CCCCC3)[C@@H]2C)cc1. The van der Waals surface area contributed by atoms with Gasteiger partial charge in [-0.1, -0.05) is 49.8 Å². The second-order valence-electron chi connectivity index (χ2n) is 7.46. The largest absolute Gasteiger partial charge is 0.243 e. The van der Waals surface area contributed by atoms with Gasteiger partial charge in [-0.3, -0.25) is 0 Å². The highest BCUT2D eigenvalue weighted by Gasteiger charge is 2.39. The van der Waals surface area contributed by atoms with Gasteiger partial charge in [-0.25, -0.2) is 8.42 Å². The van der Waals surface area contributed by atoms with Crippen LogP contribution in [0.4, 0.5) is 0 Å². The van der Waals surface area contributed by atoms with E-state index in [0.717, 1.165) is 17.9 Å². The maximum absolute atomic E-state index is 12.9. The molecule has 1 saturated heterocycles. The van der Waals surface area contributed by atoms with E-state index in [-0.39, 0.29) is 6.04 Å². The van der Waals surface area contributed by atoms with Crippen molar-refractivity contribution in [3.63, 3.8) is 0 Å². The van der Waals surface area contributed by atoms with Gasteiger partial charge < -0.3 is 0 Å². The van der Waals surface area contributed by atoms with Gasteiger partial charge in [-0.15, -0.1) is 0 Å². The molecule has 0 bridgehead atoms. The van der Waals surface area contributed by atoms with Crippen LogP contribution in [0.15, 0.2) is 29.2 Å². The van der Waals surface area contributed by atoms with E-state index in [0.29, 0.717) is 17.4 Å². The van der Waals surface area contributed by atoms with E-state index >= 15 is 0 Å². The Morgan fingerprint density at radius 3 is 2.35 bits per heavy atom. The van der Waals surface area contributed by atoms with Gasteiger partial charge >= 0.3 is 0 Å². The molecule has 1 saturated carbocycles. The highest BCUT2D eigenvalue weighted by Crippen LogP contribution is 2.37. The van der Waals surface area contributed by atoms with Crippen molar-refractivity contribution in [1.82, 2.24) is 4.31 Å². The molecule has 2 fully saturated rings. The molecule has 0 unspecified atom stereocenters. The lowest BCUT2D eigenvalue weighted by Gasteiger charge is -2.28. The molecule has 1 heterocycles. The van der Waals surface area contributed by atoms with Crippen LogP contribution in [0.3, 0.4) is 0 Å². The first-order valence-electron chi connectivity index (χ1n) is 9.07. The molecule has 4 heteroatoms. The molecule has 0 spiro atoms. The van der Waals surface area contributed by atoms with Gasteiger partial charge in [-0.2, -0.15) is 4.31 Å². The Labute approximate surface area is 141 Å². The van der Waals surface area contributed by atoms with E-state index in [9.17, 15) is 8.42 Å². The second-order valence-corrected chi connectivity index (χ2v) is 9.35. The van der Waals surface area contributed by atoms with E-state index < -0.39 is 10.0 Å². The lowest BCUT2D eigenvalue weighted by molar-refractivity contribution is 0.260. The molecule has 3 nitrogen and oxygen atoms in total. The highest BCUT2D eigenvalue weighted by molar-refractivity contribution is 7.89. The predicted octanol–water partition coefficient (Wildman–Crippen LogP) is 4.36. The quantitative estimate of drug-likeness (QED) is 0.819. The van der Waals surface area contributed by atoms with Crippen molar-refractivity contribution in [2.45, 2.75) is 69.7 Å². The third kappa shape index (κ3) is 3.63. The first-order valence-corrected chi connectivity index (χ1v) is 10.5. The smallest absolute Gasteiger partial charge is 0.207 e. The Morgan fingerprint density at radius 1 is 1.04 bits per heavy atom. The number of benzene rings is 1. The van der Waals surface area contributed by atoms with Crippen LogP contribution < -0.4 is 0 Å². The Morgan fingerprint density at radius 2 is 1.70 bits per heavy atom. The van der Waals surface area contributed by atoms with Crippen LogP contribution in [0.25, 0.3) is 0 Å². The summed E-state index contributed by atoms with van der Waals surface area (Å²) in [6, 6.07) is 7.38. The van der Waals surface area contributed by atoms with E-state index in [4.69, 9.17) is 0 Å². The van der Waals surface area contributed by atoms with Gasteiger partial charge in [0.25, 0.3) is 0 Å². The molecule has 1 aliphatic heterocycles. The molecular weight excluding hydrogens is 306 g/mol. The lowest BCUT2D eigenvalue weighted by atomic mass is 9.81. The van der Waals surface area contributed by atoms with Crippen molar-refractivity contribution in [3.05, 3.63) is 29.8 Å². The van der Waals surface area contributed by atoms with Crippen molar-refractivity contribution in [2.75, 3.05) is 6.54 Å². The monoisotopic (exact) mass is 335 g/mol. The number of nitrogens with zero attached hydrogens (tertiary/aromatic N) is 1. The fourth-order valence-corrected chi connectivity index (χ4v) is 6.03. The van der Waals surface area contributed by atoms with Gasteiger partial charge in [0.05, 0.1) is 4.90 Å². The summed E-state index contributed by atoms with van der Waals surface area (Å²) in [5.74, 6) is 1.34. The van der Waals surface area contributed by atoms with Crippen molar-refractivity contribution in [2.24, 2.45) is 11.8 Å². The number of aryl methyl sites for hydroxylation is 1. The summed E-state index contributed by atoms with van der Waals surface area (Å²) < 4.78 is 27.6. The average molecular weight is 336 g/mol. The van der Waals surface area contributed by atoms with E-state index in [1.54, 1.807) is 16.4 Å². The first kappa shape index (κ1) is 17.0. The molecule has 0 radical (unpaired) electrons. The molecule has 1 aliphatic carbocycles. The summed E-state index contributed by atoms with van der Waals surface area (Å²) in [6.45, 7) is 4.76. The fourth-order valence-electron chi connectivity index (χ4n) is 4.32. The highest BCUT2D eigenvalue weighted by atomic mass is 32.2. The first-order chi connectivity index (χ1) is 11.0. The molecule has 0 amide bonds. The van der Waals surface area contributed by atoms with Gasteiger partial charge in [0.15, 0.2) is 0 Å². The van der Waals surface area contributed by atoms with E-state index in [1.807, 2.05) is 19.1 Å². The maximum Gasteiger partial charge on any atom is 0.243 e. The van der Waals surface area contributed by atoms with Gasteiger partial charge in [0.1, 0.15) is 0 Å². The van der Waals surface area contributed by atoms with Crippen LogP contribution in [-0.4, -0.2) is 25.3 Å². The minimum Gasteiger partial charge on any atom is -0.207 e. The van der Waals surface area contributed by atoms with Crippen LogP contribution in [0.2, 0.25) is 0 Å². The summed E-state index contributed by atoms with van der Waals surface area (Å²) in [5, 5.41) is 0. The van der Waals surface area contributed by atoms with Crippen molar-refractivity contribution < 1.29 is 8.42 Å². The summed E-state index contributed by atoms with van der Waals surface area (Å²) in [7, 11) is -3.35. The zero-order valence-corrected chi connectivity index (χ0v) is 15.2. The molecule has 2 atom stereocenters. The van der Waals surface area contributed by atoms with Gasteiger partial charge in [0.2, 0.25) is 10.0 Å². The number of hydrogen-bond donors (Lipinski definition) is 0. The zero-order chi connectivity index (χ0) is 16.4. The van der Waals surface area contributed by atoms with Crippen LogP contribution >= 0.6 is 0 Å². The Hall–Kier alpha value is -0.870. The summed E-state index contributed by atoms with van der Waals surface area (Å²) >= 11 is 0. The van der Waals surface area contributed by atoms with Gasteiger partial charge in [0, 0.05) is 12.6 Å². The number of rotatable bonds is 4. The summed E-state index contributed by atoms with van der Waals surface area (Å²) in [4.78, 5) is 0.438. The Balaban J connectivity index is 1.70. The van der Waals surface area contributed by atoms with Crippen LogP contribution in [0.1, 0.15) is 57.4 Å². The maximum atomic E-state index is 12.9. The molecule has 0 aromatic heterocycles. The second kappa shape index (κ2) is 6.94. The fraction of sp³-hybridized carbons (Fsp3) is 0.684. The van der Waals surface area contributed by atoms with Crippen molar-refractivity contribution >= 4 is 10.0 Å². The van der Waals surface area contributed by atoms with Crippen LogP contribution in [-0.2, 0) is 10.0 Å². The van der Waals surface area contributed by atoms with Crippen molar-refractivity contribution in [1.29, 1.82) is 0 Å².